The molecule has 3 aromatic carbocycles. The van der Waals surface area contributed by atoms with E-state index in [0.717, 1.165) is 40.4 Å². The molecule has 196 valence electrons. The molecule has 0 spiro atoms. The van der Waals surface area contributed by atoms with Crippen LogP contribution in [0.5, 0.6) is 17.2 Å². The summed E-state index contributed by atoms with van der Waals surface area (Å²) in [6, 6.07) is 23.7. The summed E-state index contributed by atoms with van der Waals surface area (Å²) in [5, 5.41) is 0. The Hall–Kier alpha value is -3.51. The highest BCUT2D eigenvalue weighted by Crippen LogP contribution is 2.46. The highest BCUT2D eigenvalue weighted by Gasteiger charge is 2.48. The lowest BCUT2D eigenvalue weighted by Gasteiger charge is -2.36. The average molecular weight is 505 g/mol. The topological polar surface area (TPSA) is 63.2 Å². The lowest BCUT2D eigenvalue weighted by Crippen LogP contribution is -2.34. The van der Waals surface area contributed by atoms with Gasteiger partial charge in [-0.2, -0.15) is 0 Å². The van der Waals surface area contributed by atoms with E-state index in [4.69, 9.17) is 23.7 Å². The van der Waals surface area contributed by atoms with Gasteiger partial charge in [0.2, 0.25) is 0 Å². The predicted octanol–water partition coefficient (Wildman–Crippen LogP) is 6.00. The van der Waals surface area contributed by atoms with E-state index in [1.807, 2.05) is 93.6 Å². The quantitative estimate of drug-likeness (QED) is 0.249. The fourth-order valence-corrected chi connectivity index (χ4v) is 4.56. The van der Waals surface area contributed by atoms with Gasteiger partial charge in [0.25, 0.3) is 0 Å². The Kier molecular flexibility index (Phi) is 7.79. The molecule has 2 atom stereocenters. The molecular weight excluding hydrogens is 468 g/mol. The molecule has 0 amide bonds. The number of esters is 1. The number of benzene rings is 3. The molecule has 0 heterocycles. The fourth-order valence-electron chi connectivity index (χ4n) is 4.56. The molecule has 2 unspecified atom stereocenters. The molecule has 1 fully saturated rings. The smallest absolute Gasteiger partial charge is 0.309 e. The zero-order valence-corrected chi connectivity index (χ0v) is 22.4. The summed E-state index contributed by atoms with van der Waals surface area (Å²) >= 11 is 0. The Bertz CT molecular complexity index is 1060. The molecule has 0 saturated heterocycles. The van der Waals surface area contributed by atoms with Gasteiger partial charge in [-0.25, -0.2) is 0 Å². The highest BCUT2D eigenvalue weighted by molar-refractivity contribution is 5.76. The number of rotatable bonds is 10. The number of hydrogen-bond donors (Lipinski definition) is 0. The molecule has 0 N–H and O–H groups in total. The van der Waals surface area contributed by atoms with E-state index >= 15 is 0 Å². The normalized spacial score (nSPS) is 17.1. The van der Waals surface area contributed by atoms with Gasteiger partial charge in [0, 0.05) is 0 Å². The Balaban J connectivity index is 1.75. The molecule has 3 aromatic rings. The Morgan fingerprint density at radius 2 is 1.08 bits per heavy atom. The molecule has 0 bridgehead atoms. The molecule has 37 heavy (non-hydrogen) atoms. The number of ether oxygens (including phenoxy) is 5. The minimum absolute atomic E-state index is 0.0870. The summed E-state index contributed by atoms with van der Waals surface area (Å²) in [6.07, 6.45) is 0.749. The van der Waals surface area contributed by atoms with Crippen molar-refractivity contribution in [2.45, 2.75) is 38.4 Å². The maximum Gasteiger partial charge on any atom is 0.309 e. The van der Waals surface area contributed by atoms with Crippen LogP contribution in [0.4, 0.5) is 0 Å². The molecule has 6 heteroatoms. The third-order valence-electron chi connectivity index (χ3n) is 6.64. The van der Waals surface area contributed by atoms with E-state index in [1.165, 1.54) is 0 Å². The molecule has 1 saturated carbocycles. The van der Waals surface area contributed by atoms with Gasteiger partial charge >= 0.3 is 5.97 Å². The van der Waals surface area contributed by atoms with Gasteiger partial charge in [-0.1, -0.05) is 36.4 Å². The zero-order valence-electron chi connectivity index (χ0n) is 22.4. The van der Waals surface area contributed by atoms with Crippen LogP contribution in [0, 0.1) is 11.8 Å². The van der Waals surface area contributed by atoms with Crippen molar-refractivity contribution in [1.82, 2.24) is 0 Å². The average Bonchev–Trinajstić information content (AvgIpc) is 3.69. The lowest BCUT2D eigenvalue weighted by atomic mass is 9.80. The second-order valence-corrected chi connectivity index (χ2v) is 10.3. The maximum atomic E-state index is 12.7. The van der Waals surface area contributed by atoms with Crippen molar-refractivity contribution < 1.29 is 28.5 Å². The van der Waals surface area contributed by atoms with E-state index in [2.05, 4.69) is 0 Å². The molecule has 0 aliphatic heterocycles. The number of hydrogen-bond acceptors (Lipinski definition) is 6. The Morgan fingerprint density at radius 1 is 0.703 bits per heavy atom. The summed E-state index contributed by atoms with van der Waals surface area (Å²) < 4.78 is 28.8. The van der Waals surface area contributed by atoms with Crippen molar-refractivity contribution in [3.63, 3.8) is 0 Å². The van der Waals surface area contributed by atoms with Crippen molar-refractivity contribution >= 4 is 5.97 Å². The molecule has 0 aromatic heterocycles. The van der Waals surface area contributed by atoms with Crippen molar-refractivity contribution in [3.05, 3.63) is 89.5 Å². The lowest BCUT2D eigenvalue weighted by molar-refractivity contribution is -0.157. The Morgan fingerprint density at radius 3 is 1.41 bits per heavy atom. The molecule has 1 aliphatic rings. The molecule has 1 aliphatic carbocycles. The van der Waals surface area contributed by atoms with Gasteiger partial charge in [0.1, 0.15) is 28.5 Å². The van der Waals surface area contributed by atoms with Crippen molar-refractivity contribution in [1.29, 1.82) is 0 Å². The molecule has 4 rings (SSSR count). The monoisotopic (exact) mass is 504 g/mol. The summed E-state index contributed by atoms with van der Waals surface area (Å²) in [4.78, 5) is 12.7. The van der Waals surface area contributed by atoms with E-state index in [-0.39, 0.29) is 17.8 Å². The minimum atomic E-state index is -0.939. The molecule has 6 nitrogen and oxygen atoms in total. The van der Waals surface area contributed by atoms with Crippen molar-refractivity contribution in [2.75, 3.05) is 27.9 Å². The maximum absolute atomic E-state index is 12.7. The van der Waals surface area contributed by atoms with Crippen LogP contribution >= 0.6 is 0 Å². The number of carbonyl (C=O) groups is 1. The highest BCUT2D eigenvalue weighted by atomic mass is 16.6. The minimum Gasteiger partial charge on any atom is -0.497 e. The standard InChI is InChI=1S/C31H36O6/c1-30(2,3)37-29(32)28-19-21(28)20-36-31(22-7-13-25(33-4)14-8-22,23-9-15-26(34-5)16-10-23)24-11-17-27(35-6)18-12-24/h7-18,21,28H,19-20H2,1-6H3. The molecular formula is C31H36O6. The van der Waals surface area contributed by atoms with Crippen LogP contribution in [-0.2, 0) is 19.9 Å². The second-order valence-electron chi connectivity index (χ2n) is 10.3. The van der Waals surface area contributed by atoms with Gasteiger partial charge < -0.3 is 23.7 Å². The summed E-state index contributed by atoms with van der Waals surface area (Å²) in [6.45, 7) is 6.07. The van der Waals surface area contributed by atoms with Crippen molar-refractivity contribution in [3.8, 4) is 17.2 Å². The van der Waals surface area contributed by atoms with Gasteiger partial charge in [0.05, 0.1) is 33.9 Å². The first-order chi connectivity index (χ1) is 17.7. The van der Waals surface area contributed by atoms with E-state index in [1.54, 1.807) is 21.3 Å². The number of methoxy groups -OCH3 is 3. The first kappa shape index (κ1) is 26.6. The zero-order chi connectivity index (χ0) is 26.6. The van der Waals surface area contributed by atoms with Crippen LogP contribution in [0.25, 0.3) is 0 Å². The van der Waals surface area contributed by atoms with Crippen molar-refractivity contribution in [2.24, 2.45) is 11.8 Å². The first-order valence-corrected chi connectivity index (χ1v) is 12.5. The summed E-state index contributed by atoms with van der Waals surface area (Å²) in [5.41, 5.74) is 1.38. The Labute approximate surface area is 219 Å². The largest absolute Gasteiger partial charge is 0.497 e. The van der Waals surface area contributed by atoms with Gasteiger partial charge in [-0.15, -0.1) is 0 Å². The summed E-state index contributed by atoms with van der Waals surface area (Å²) in [7, 11) is 4.95. The van der Waals surface area contributed by atoms with E-state index in [0.29, 0.717) is 6.61 Å². The van der Waals surface area contributed by atoms with Crippen LogP contribution in [0.15, 0.2) is 72.8 Å². The van der Waals surface area contributed by atoms with E-state index in [9.17, 15) is 4.79 Å². The molecule has 0 radical (unpaired) electrons. The summed E-state index contributed by atoms with van der Waals surface area (Å²) in [5.74, 6) is 2.05. The van der Waals surface area contributed by atoms with Crippen LogP contribution in [0.1, 0.15) is 43.9 Å². The third kappa shape index (κ3) is 5.91. The van der Waals surface area contributed by atoms with E-state index < -0.39 is 11.2 Å². The second kappa shape index (κ2) is 10.9. The van der Waals surface area contributed by atoms with Gasteiger partial charge in [0.15, 0.2) is 0 Å². The van der Waals surface area contributed by atoms with Crippen LogP contribution < -0.4 is 14.2 Å². The first-order valence-electron chi connectivity index (χ1n) is 12.5. The predicted molar refractivity (Wildman–Crippen MR) is 142 cm³/mol. The fraction of sp³-hybridized carbons (Fsp3) is 0.387. The SMILES string of the molecule is COc1ccc(C(OCC2CC2C(=O)OC(C)(C)C)(c2ccc(OC)cc2)c2ccc(OC)cc2)cc1. The number of carbonyl (C=O) groups excluding carboxylic acids is 1. The van der Waals surface area contributed by atoms with Crippen LogP contribution in [0.3, 0.4) is 0 Å². The van der Waals surface area contributed by atoms with Gasteiger partial charge in [-0.3, -0.25) is 4.79 Å². The van der Waals surface area contributed by atoms with Crippen LogP contribution in [0.2, 0.25) is 0 Å². The third-order valence-corrected chi connectivity index (χ3v) is 6.64. The van der Waals surface area contributed by atoms with Crippen LogP contribution in [-0.4, -0.2) is 39.5 Å². The van der Waals surface area contributed by atoms with Gasteiger partial charge in [-0.05, 0) is 86.2 Å².